The highest BCUT2D eigenvalue weighted by molar-refractivity contribution is 7.10. The van der Waals surface area contributed by atoms with Crippen molar-refractivity contribution in [2.24, 2.45) is 0 Å². The molecule has 78 valence electrons. The van der Waals surface area contributed by atoms with E-state index >= 15 is 0 Å². The van der Waals surface area contributed by atoms with Crippen molar-refractivity contribution < 1.29 is 4.74 Å². The maximum absolute atomic E-state index is 6.11. The number of hydrogen-bond acceptors (Lipinski definition) is 3. The quantitative estimate of drug-likeness (QED) is 0.864. The van der Waals surface area contributed by atoms with E-state index in [2.05, 4.69) is 5.32 Å². The zero-order valence-corrected chi connectivity index (χ0v) is 9.70. The minimum atomic E-state index is 0.255. The van der Waals surface area contributed by atoms with Gasteiger partial charge in [0, 0.05) is 11.5 Å². The Morgan fingerprint density at radius 1 is 1.71 bits per heavy atom. The van der Waals surface area contributed by atoms with Gasteiger partial charge in [-0.25, -0.2) is 0 Å². The van der Waals surface area contributed by atoms with Crippen molar-refractivity contribution in [2.45, 2.75) is 25.0 Å². The number of ether oxygens (including phenoxy) is 1. The van der Waals surface area contributed by atoms with E-state index in [1.54, 1.807) is 11.3 Å². The minimum Gasteiger partial charge on any atom is -0.376 e. The predicted octanol–water partition coefficient (Wildman–Crippen LogP) is 2.84. The fourth-order valence-corrected chi connectivity index (χ4v) is 3.22. The largest absolute Gasteiger partial charge is 0.376 e. The normalized spacial score (nSPS) is 24.0. The maximum Gasteiger partial charge on any atom is 0.0779 e. The molecular weight excluding hydrogens is 218 g/mol. The van der Waals surface area contributed by atoms with Crippen LogP contribution in [-0.2, 0) is 4.74 Å². The molecule has 0 spiro atoms. The number of nitrogens with one attached hydrogen (secondary N) is 1. The van der Waals surface area contributed by atoms with Gasteiger partial charge in [-0.3, -0.25) is 0 Å². The number of thiophene rings is 1. The predicted molar refractivity (Wildman–Crippen MR) is 60.1 cm³/mol. The first kappa shape index (κ1) is 10.4. The van der Waals surface area contributed by atoms with E-state index in [4.69, 9.17) is 16.3 Å². The lowest BCUT2D eigenvalue weighted by Crippen LogP contribution is -2.28. The highest BCUT2D eigenvalue weighted by Crippen LogP contribution is 2.34. The van der Waals surface area contributed by atoms with Crippen molar-refractivity contribution >= 4 is 22.9 Å². The molecule has 2 unspecified atom stereocenters. The Balaban J connectivity index is 2.16. The first-order chi connectivity index (χ1) is 6.83. The van der Waals surface area contributed by atoms with Gasteiger partial charge in [0.15, 0.2) is 0 Å². The second kappa shape index (κ2) is 4.62. The highest BCUT2D eigenvalue weighted by atomic mass is 35.5. The molecule has 14 heavy (non-hydrogen) atoms. The molecule has 2 nitrogen and oxygen atoms in total. The zero-order chi connectivity index (χ0) is 9.97. The number of likely N-dealkylation sites (N-methyl/N-ethyl adjacent to an activating group) is 1. The summed E-state index contributed by atoms with van der Waals surface area (Å²) in [7, 11) is 1.96. The topological polar surface area (TPSA) is 21.3 Å². The zero-order valence-electron chi connectivity index (χ0n) is 8.13. The van der Waals surface area contributed by atoms with Gasteiger partial charge in [0.1, 0.15) is 0 Å². The summed E-state index contributed by atoms with van der Waals surface area (Å²) in [4.78, 5) is 1.20. The average Bonchev–Trinajstić information content (AvgIpc) is 2.80. The van der Waals surface area contributed by atoms with E-state index < -0.39 is 0 Å². The molecule has 0 aromatic carbocycles. The summed E-state index contributed by atoms with van der Waals surface area (Å²) in [5, 5.41) is 6.16. The SMILES string of the molecule is CNC(c1sccc1Cl)C1CCCO1. The van der Waals surface area contributed by atoms with Gasteiger partial charge < -0.3 is 10.1 Å². The summed E-state index contributed by atoms with van der Waals surface area (Å²) in [6.45, 7) is 0.881. The second-order valence-corrected chi connectivity index (χ2v) is 4.81. The summed E-state index contributed by atoms with van der Waals surface area (Å²) in [5.74, 6) is 0. The van der Waals surface area contributed by atoms with Gasteiger partial charge in [0.05, 0.1) is 17.2 Å². The van der Waals surface area contributed by atoms with Gasteiger partial charge in [-0.1, -0.05) is 11.6 Å². The van der Waals surface area contributed by atoms with E-state index in [-0.39, 0.29) is 12.1 Å². The summed E-state index contributed by atoms with van der Waals surface area (Å²) in [5.41, 5.74) is 0. The van der Waals surface area contributed by atoms with Crippen LogP contribution in [0.15, 0.2) is 11.4 Å². The van der Waals surface area contributed by atoms with E-state index in [0.717, 1.165) is 24.5 Å². The fraction of sp³-hybridized carbons (Fsp3) is 0.600. The summed E-state index contributed by atoms with van der Waals surface area (Å²) < 4.78 is 5.67. The maximum atomic E-state index is 6.11. The van der Waals surface area contributed by atoms with Crippen molar-refractivity contribution in [3.8, 4) is 0 Å². The Hall–Kier alpha value is -0.0900. The van der Waals surface area contributed by atoms with Crippen molar-refractivity contribution in [3.05, 3.63) is 21.3 Å². The van der Waals surface area contributed by atoms with Gasteiger partial charge >= 0.3 is 0 Å². The molecule has 1 aromatic heterocycles. The molecule has 2 heterocycles. The minimum absolute atomic E-state index is 0.255. The molecule has 0 amide bonds. The van der Waals surface area contributed by atoms with E-state index in [9.17, 15) is 0 Å². The molecule has 2 rings (SSSR count). The Morgan fingerprint density at radius 2 is 2.57 bits per heavy atom. The molecule has 0 radical (unpaired) electrons. The molecule has 1 fully saturated rings. The van der Waals surface area contributed by atoms with Crippen LogP contribution in [0.1, 0.15) is 23.8 Å². The van der Waals surface area contributed by atoms with Crippen LogP contribution in [0.25, 0.3) is 0 Å². The fourth-order valence-electron chi connectivity index (χ4n) is 1.88. The lowest BCUT2D eigenvalue weighted by atomic mass is 10.1. The van der Waals surface area contributed by atoms with Crippen LogP contribution in [0.5, 0.6) is 0 Å². The Bertz CT molecular complexity index is 296. The van der Waals surface area contributed by atoms with Gasteiger partial charge in [0.2, 0.25) is 0 Å². The third-order valence-corrected chi connectivity index (χ3v) is 4.02. The van der Waals surface area contributed by atoms with Crippen molar-refractivity contribution in [3.63, 3.8) is 0 Å². The summed E-state index contributed by atoms with van der Waals surface area (Å²) in [6.07, 6.45) is 2.57. The van der Waals surface area contributed by atoms with E-state index in [0.29, 0.717) is 0 Å². The second-order valence-electron chi connectivity index (χ2n) is 3.45. The monoisotopic (exact) mass is 231 g/mol. The van der Waals surface area contributed by atoms with Crippen LogP contribution in [0, 0.1) is 0 Å². The lowest BCUT2D eigenvalue weighted by molar-refractivity contribution is 0.0818. The van der Waals surface area contributed by atoms with Crippen molar-refractivity contribution in [1.29, 1.82) is 0 Å². The molecule has 1 N–H and O–H groups in total. The van der Waals surface area contributed by atoms with Gasteiger partial charge in [-0.05, 0) is 31.3 Å². The molecule has 2 atom stereocenters. The van der Waals surface area contributed by atoms with Crippen LogP contribution >= 0.6 is 22.9 Å². The molecule has 4 heteroatoms. The highest BCUT2D eigenvalue weighted by Gasteiger charge is 2.28. The van der Waals surface area contributed by atoms with Gasteiger partial charge in [0.25, 0.3) is 0 Å². The number of halogens is 1. The average molecular weight is 232 g/mol. The number of hydrogen-bond donors (Lipinski definition) is 1. The molecule has 1 aromatic rings. The van der Waals surface area contributed by atoms with Gasteiger partial charge in [-0.15, -0.1) is 11.3 Å². The molecule has 1 aliphatic rings. The lowest BCUT2D eigenvalue weighted by Gasteiger charge is -2.21. The molecule has 0 saturated carbocycles. The molecule has 0 bridgehead atoms. The summed E-state index contributed by atoms with van der Waals surface area (Å²) >= 11 is 7.80. The van der Waals surface area contributed by atoms with Crippen LogP contribution in [0.3, 0.4) is 0 Å². The third-order valence-electron chi connectivity index (χ3n) is 2.57. The van der Waals surface area contributed by atoms with Crippen LogP contribution < -0.4 is 5.32 Å². The molecule has 1 aliphatic heterocycles. The first-order valence-corrected chi connectivity index (χ1v) is 6.10. The molecule has 0 aliphatic carbocycles. The van der Waals surface area contributed by atoms with E-state index in [1.165, 1.54) is 4.88 Å². The van der Waals surface area contributed by atoms with Crippen LogP contribution in [0.2, 0.25) is 5.02 Å². The smallest absolute Gasteiger partial charge is 0.0779 e. The van der Waals surface area contributed by atoms with Crippen molar-refractivity contribution in [2.75, 3.05) is 13.7 Å². The first-order valence-electron chi connectivity index (χ1n) is 4.84. The number of rotatable bonds is 3. The standard InChI is InChI=1S/C10H14ClNOS/c1-12-9(8-3-2-5-13-8)10-7(11)4-6-14-10/h4,6,8-9,12H,2-3,5H2,1H3. The Labute approximate surface area is 93.2 Å². The molecular formula is C10H14ClNOS. The Kier molecular flexibility index (Phi) is 3.44. The van der Waals surface area contributed by atoms with Crippen LogP contribution in [-0.4, -0.2) is 19.8 Å². The van der Waals surface area contributed by atoms with E-state index in [1.807, 2.05) is 18.5 Å². The Morgan fingerprint density at radius 3 is 3.07 bits per heavy atom. The molecule has 1 saturated heterocycles. The van der Waals surface area contributed by atoms with Crippen molar-refractivity contribution in [1.82, 2.24) is 5.32 Å². The van der Waals surface area contributed by atoms with Crippen LogP contribution in [0.4, 0.5) is 0 Å². The van der Waals surface area contributed by atoms with Gasteiger partial charge in [-0.2, -0.15) is 0 Å². The summed E-state index contributed by atoms with van der Waals surface area (Å²) in [6, 6.07) is 2.20. The third kappa shape index (κ3) is 1.96.